The summed E-state index contributed by atoms with van der Waals surface area (Å²) in [6.45, 7) is 6.45. The predicted octanol–water partition coefficient (Wildman–Crippen LogP) is 3.91. The normalized spacial score (nSPS) is 13.7. The van der Waals surface area contributed by atoms with E-state index in [1.807, 2.05) is 17.4 Å². The van der Waals surface area contributed by atoms with Crippen molar-refractivity contribution in [3.05, 3.63) is 58.3 Å². The van der Waals surface area contributed by atoms with Gasteiger partial charge in [-0.05, 0) is 29.5 Å². The van der Waals surface area contributed by atoms with Crippen LogP contribution in [0.5, 0.6) is 0 Å². The van der Waals surface area contributed by atoms with Gasteiger partial charge in [0.15, 0.2) is 0 Å². The van der Waals surface area contributed by atoms with Crippen molar-refractivity contribution in [1.82, 2.24) is 4.90 Å². The summed E-state index contributed by atoms with van der Waals surface area (Å²) in [4.78, 5) is 3.76. The first-order valence-electron chi connectivity index (χ1n) is 7.00. The molecule has 1 aromatic carbocycles. The van der Waals surface area contributed by atoms with E-state index in [2.05, 4.69) is 67.6 Å². The molecule has 0 aliphatic heterocycles. The Morgan fingerprint density at radius 1 is 1.15 bits per heavy atom. The average Bonchev–Trinajstić information content (AvgIpc) is 2.91. The minimum atomic E-state index is 0.0351. The Morgan fingerprint density at radius 2 is 1.85 bits per heavy atom. The largest absolute Gasteiger partial charge is 0.323 e. The van der Waals surface area contributed by atoms with Crippen LogP contribution in [0.2, 0.25) is 0 Å². The van der Waals surface area contributed by atoms with E-state index in [1.54, 1.807) is 0 Å². The number of nitrogens with zero attached hydrogens (tertiary/aromatic N) is 1. The number of thiophene rings is 1. The van der Waals surface area contributed by atoms with Gasteiger partial charge in [0.25, 0.3) is 0 Å². The minimum Gasteiger partial charge on any atom is -0.323 e. The average molecular weight is 288 g/mol. The monoisotopic (exact) mass is 288 g/mol. The maximum absolute atomic E-state index is 6.47. The highest BCUT2D eigenvalue weighted by Crippen LogP contribution is 2.32. The molecule has 1 unspecified atom stereocenters. The molecule has 0 fully saturated rings. The number of hydrogen-bond acceptors (Lipinski definition) is 3. The second kappa shape index (κ2) is 6.53. The van der Waals surface area contributed by atoms with Crippen molar-refractivity contribution in [3.8, 4) is 0 Å². The Hall–Kier alpha value is -1.16. The van der Waals surface area contributed by atoms with Crippen molar-refractivity contribution < 1.29 is 0 Å². The molecule has 20 heavy (non-hydrogen) atoms. The molecule has 0 aliphatic carbocycles. The molecule has 1 aromatic heterocycles. The van der Waals surface area contributed by atoms with Crippen LogP contribution in [0.25, 0.3) is 0 Å². The summed E-state index contributed by atoms with van der Waals surface area (Å²) in [7, 11) is 2.17. The van der Waals surface area contributed by atoms with Gasteiger partial charge in [-0.15, -0.1) is 11.3 Å². The second-order valence-electron chi connectivity index (χ2n) is 6.13. The molecule has 0 radical (unpaired) electrons. The van der Waals surface area contributed by atoms with Crippen molar-refractivity contribution >= 4 is 11.3 Å². The molecule has 2 nitrogen and oxygen atoms in total. The molecule has 1 atom stereocenters. The highest BCUT2D eigenvalue weighted by atomic mass is 32.1. The van der Waals surface area contributed by atoms with Crippen molar-refractivity contribution in [1.29, 1.82) is 0 Å². The standard InChI is InChI=1S/C17H24N2S/c1-17(2,16(18)14-8-5-4-6-9-14)13-19(3)12-15-10-7-11-20-15/h4-11,16H,12-13,18H2,1-3H3. The quantitative estimate of drug-likeness (QED) is 0.873. The Labute approximate surface area is 126 Å². The lowest BCUT2D eigenvalue weighted by atomic mass is 9.80. The fraction of sp³-hybridized carbons (Fsp3) is 0.412. The lowest BCUT2D eigenvalue weighted by molar-refractivity contribution is 0.173. The molecule has 2 rings (SSSR count). The summed E-state index contributed by atoms with van der Waals surface area (Å²) >= 11 is 1.81. The topological polar surface area (TPSA) is 29.3 Å². The van der Waals surface area contributed by atoms with Crippen molar-refractivity contribution in [2.75, 3.05) is 13.6 Å². The van der Waals surface area contributed by atoms with Gasteiger partial charge in [-0.3, -0.25) is 0 Å². The Morgan fingerprint density at radius 3 is 2.45 bits per heavy atom. The molecule has 0 aliphatic rings. The van der Waals surface area contributed by atoms with Crippen LogP contribution in [0.15, 0.2) is 47.8 Å². The molecule has 2 N–H and O–H groups in total. The number of benzene rings is 1. The number of hydrogen-bond donors (Lipinski definition) is 1. The summed E-state index contributed by atoms with van der Waals surface area (Å²) in [6.07, 6.45) is 0. The van der Waals surface area contributed by atoms with Crippen LogP contribution < -0.4 is 5.73 Å². The fourth-order valence-corrected chi connectivity index (χ4v) is 3.41. The summed E-state index contributed by atoms with van der Waals surface area (Å²) in [6, 6.07) is 14.7. The SMILES string of the molecule is CN(Cc1cccs1)CC(C)(C)C(N)c1ccccc1. The first kappa shape index (κ1) is 15.2. The van der Waals surface area contributed by atoms with E-state index in [-0.39, 0.29) is 11.5 Å². The minimum absolute atomic E-state index is 0.0351. The number of nitrogens with two attached hydrogens (primary N) is 1. The van der Waals surface area contributed by atoms with Crippen molar-refractivity contribution in [2.24, 2.45) is 11.1 Å². The van der Waals surface area contributed by atoms with E-state index in [4.69, 9.17) is 5.73 Å². The first-order valence-corrected chi connectivity index (χ1v) is 7.88. The Kier molecular flexibility index (Phi) is 4.97. The van der Waals surface area contributed by atoms with E-state index in [9.17, 15) is 0 Å². The van der Waals surface area contributed by atoms with Gasteiger partial charge in [-0.25, -0.2) is 0 Å². The van der Waals surface area contributed by atoms with E-state index in [0.717, 1.165) is 13.1 Å². The van der Waals surface area contributed by atoms with E-state index in [0.29, 0.717) is 0 Å². The highest BCUT2D eigenvalue weighted by Gasteiger charge is 2.29. The summed E-state index contributed by atoms with van der Waals surface area (Å²) < 4.78 is 0. The third-order valence-electron chi connectivity index (χ3n) is 3.68. The van der Waals surface area contributed by atoms with Gasteiger partial charge < -0.3 is 10.6 Å². The van der Waals surface area contributed by atoms with Gasteiger partial charge in [0.05, 0.1) is 0 Å². The van der Waals surface area contributed by atoms with Crippen LogP contribution in [-0.2, 0) is 6.54 Å². The third kappa shape index (κ3) is 3.92. The third-order valence-corrected chi connectivity index (χ3v) is 4.55. The molecule has 0 amide bonds. The molecule has 108 valence electrons. The molecular weight excluding hydrogens is 264 g/mol. The maximum Gasteiger partial charge on any atom is 0.0359 e. The van der Waals surface area contributed by atoms with Crippen LogP contribution in [0.3, 0.4) is 0 Å². The summed E-state index contributed by atoms with van der Waals surface area (Å²) in [5.74, 6) is 0. The van der Waals surface area contributed by atoms with Crippen LogP contribution in [-0.4, -0.2) is 18.5 Å². The predicted molar refractivity (Wildman–Crippen MR) is 87.8 cm³/mol. The zero-order valence-corrected chi connectivity index (χ0v) is 13.4. The Balaban J connectivity index is 1.99. The molecular formula is C17H24N2S. The Bertz CT molecular complexity index is 505. The van der Waals surface area contributed by atoms with Crippen molar-refractivity contribution in [2.45, 2.75) is 26.4 Å². The van der Waals surface area contributed by atoms with E-state index >= 15 is 0 Å². The summed E-state index contributed by atoms with van der Waals surface area (Å²) in [5, 5.41) is 2.13. The van der Waals surface area contributed by atoms with E-state index in [1.165, 1.54) is 10.4 Å². The van der Waals surface area contributed by atoms with Gasteiger partial charge in [0.2, 0.25) is 0 Å². The van der Waals surface area contributed by atoms with Gasteiger partial charge in [0, 0.05) is 24.0 Å². The van der Waals surface area contributed by atoms with Crippen LogP contribution in [0.4, 0.5) is 0 Å². The maximum atomic E-state index is 6.47. The molecule has 0 spiro atoms. The second-order valence-corrected chi connectivity index (χ2v) is 7.16. The lowest BCUT2D eigenvalue weighted by Gasteiger charge is -2.35. The molecule has 0 saturated carbocycles. The van der Waals surface area contributed by atoms with E-state index < -0.39 is 0 Å². The molecule has 1 heterocycles. The zero-order chi connectivity index (χ0) is 14.6. The van der Waals surface area contributed by atoms with Gasteiger partial charge >= 0.3 is 0 Å². The zero-order valence-electron chi connectivity index (χ0n) is 12.5. The molecule has 0 bridgehead atoms. The molecule has 3 heteroatoms. The smallest absolute Gasteiger partial charge is 0.0359 e. The van der Waals surface area contributed by atoms with Gasteiger partial charge in [0.1, 0.15) is 0 Å². The number of rotatable bonds is 6. The fourth-order valence-electron chi connectivity index (χ4n) is 2.63. The first-order chi connectivity index (χ1) is 9.49. The van der Waals surface area contributed by atoms with Crippen LogP contribution in [0.1, 0.15) is 30.3 Å². The lowest BCUT2D eigenvalue weighted by Crippen LogP contribution is -2.39. The highest BCUT2D eigenvalue weighted by molar-refractivity contribution is 7.09. The van der Waals surface area contributed by atoms with Crippen LogP contribution >= 0.6 is 11.3 Å². The van der Waals surface area contributed by atoms with Gasteiger partial charge in [-0.2, -0.15) is 0 Å². The molecule has 2 aromatic rings. The van der Waals surface area contributed by atoms with Gasteiger partial charge in [-0.1, -0.05) is 50.2 Å². The molecule has 0 saturated heterocycles. The van der Waals surface area contributed by atoms with Crippen LogP contribution in [0, 0.1) is 5.41 Å². The summed E-state index contributed by atoms with van der Waals surface area (Å²) in [5.41, 5.74) is 7.72. The van der Waals surface area contributed by atoms with Crippen molar-refractivity contribution in [3.63, 3.8) is 0 Å².